The summed E-state index contributed by atoms with van der Waals surface area (Å²) in [5.41, 5.74) is 0.995. The van der Waals surface area contributed by atoms with Crippen LogP contribution in [0.5, 0.6) is 0 Å². The second-order valence-corrected chi connectivity index (χ2v) is 4.29. The van der Waals surface area contributed by atoms with E-state index in [1.54, 1.807) is 13.0 Å². The van der Waals surface area contributed by atoms with E-state index in [0.717, 1.165) is 10.0 Å². The standard InChI is InChI=1S/C13H14BrNO2/c1-2-17-13(16)12(15)8-4-6-10-5-3-7-11(14)9-10/h3-5,7-9,15H,2,6H2,1H3/b8-4+,15-12?. The van der Waals surface area contributed by atoms with E-state index in [0.29, 0.717) is 13.0 Å². The maximum Gasteiger partial charge on any atom is 0.356 e. The number of hydrogen-bond acceptors (Lipinski definition) is 3. The third-order valence-corrected chi connectivity index (χ3v) is 2.52. The Labute approximate surface area is 109 Å². The number of hydrogen-bond donors (Lipinski definition) is 1. The largest absolute Gasteiger partial charge is 0.461 e. The van der Waals surface area contributed by atoms with Crippen LogP contribution in [-0.2, 0) is 16.0 Å². The van der Waals surface area contributed by atoms with Crippen LogP contribution in [0.2, 0.25) is 0 Å². The topological polar surface area (TPSA) is 50.2 Å². The fourth-order valence-corrected chi connectivity index (χ4v) is 1.70. The molecule has 4 heteroatoms. The molecule has 17 heavy (non-hydrogen) atoms. The highest BCUT2D eigenvalue weighted by molar-refractivity contribution is 9.10. The van der Waals surface area contributed by atoms with Crippen LogP contribution in [0.4, 0.5) is 0 Å². The summed E-state index contributed by atoms with van der Waals surface area (Å²) in [4.78, 5) is 11.1. The molecule has 0 amide bonds. The van der Waals surface area contributed by atoms with Gasteiger partial charge in [0.25, 0.3) is 0 Å². The van der Waals surface area contributed by atoms with Crippen molar-refractivity contribution in [3.05, 3.63) is 46.5 Å². The van der Waals surface area contributed by atoms with E-state index in [1.165, 1.54) is 6.08 Å². The van der Waals surface area contributed by atoms with E-state index in [-0.39, 0.29) is 5.71 Å². The smallest absolute Gasteiger partial charge is 0.356 e. The van der Waals surface area contributed by atoms with Crippen molar-refractivity contribution in [1.29, 1.82) is 5.41 Å². The Balaban J connectivity index is 2.50. The molecule has 0 aliphatic carbocycles. The molecule has 0 fully saturated rings. The number of carbonyl (C=O) groups excluding carboxylic acids is 1. The Kier molecular flexibility index (Phi) is 5.63. The van der Waals surface area contributed by atoms with Gasteiger partial charge in [-0.15, -0.1) is 0 Å². The molecule has 0 spiro atoms. The minimum absolute atomic E-state index is 0.123. The number of nitrogens with one attached hydrogen (secondary N) is 1. The van der Waals surface area contributed by atoms with Crippen molar-refractivity contribution in [2.24, 2.45) is 0 Å². The molecule has 0 heterocycles. The van der Waals surface area contributed by atoms with Crippen molar-refractivity contribution < 1.29 is 9.53 Å². The van der Waals surface area contributed by atoms with Crippen molar-refractivity contribution in [2.45, 2.75) is 13.3 Å². The number of halogens is 1. The van der Waals surface area contributed by atoms with Crippen LogP contribution in [0.15, 0.2) is 40.9 Å². The summed E-state index contributed by atoms with van der Waals surface area (Å²) in [5.74, 6) is -0.585. The summed E-state index contributed by atoms with van der Waals surface area (Å²) < 4.78 is 5.72. The zero-order chi connectivity index (χ0) is 12.7. The lowest BCUT2D eigenvalue weighted by atomic mass is 10.1. The van der Waals surface area contributed by atoms with E-state index in [2.05, 4.69) is 15.9 Å². The summed E-state index contributed by atoms with van der Waals surface area (Å²) >= 11 is 3.39. The lowest BCUT2D eigenvalue weighted by molar-refractivity contribution is -0.135. The molecule has 0 radical (unpaired) electrons. The van der Waals surface area contributed by atoms with Gasteiger partial charge in [0, 0.05) is 4.47 Å². The molecule has 0 atom stereocenters. The van der Waals surface area contributed by atoms with Gasteiger partial charge in [-0.2, -0.15) is 0 Å². The van der Waals surface area contributed by atoms with Crippen molar-refractivity contribution in [1.82, 2.24) is 0 Å². The van der Waals surface area contributed by atoms with Crippen LogP contribution in [-0.4, -0.2) is 18.3 Å². The fraction of sp³-hybridized carbons (Fsp3) is 0.231. The molecular weight excluding hydrogens is 282 g/mol. The summed E-state index contributed by atoms with van der Waals surface area (Å²) in [6.07, 6.45) is 3.93. The predicted molar refractivity (Wildman–Crippen MR) is 71.3 cm³/mol. The van der Waals surface area contributed by atoms with E-state index in [1.807, 2.05) is 24.3 Å². The Bertz CT molecular complexity index is 441. The molecule has 1 aromatic carbocycles. The molecule has 0 aliphatic rings. The third-order valence-electron chi connectivity index (χ3n) is 2.02. The van der Waals surface area contributed by atoms with Crippen molar-refractivity contribution >= 4 is 27.6 Å². The zero-order valence-electron chi connectivity index (χ0n) is 9.57. The number of ether oxygens (including phenoxy) is 1. The van der Waals surface area contributed by atoms with Crippen LogP contribution >= 0.6 is 15.9 Å². The Morgan fingerprint density at radius 3 is 2.94 bits per heavy atom. The number of rotatable bonds is 5. The second kappa shape index (κ2) is 7.01. The number of carbonyl (C=O) groups is 1. The average molecular weight is 296 g/mol. The first-order chi connectivity index (χ1) is 8.13. The molecule has 0 bridgehead atoms. The van der Waals surface area contributed by atoms with Gasteiger partial charge in [-0.1, -0.05) is 34.1 Å². The molecule has 3 nitrogen and oxygen atoms in total. The second-order valence-electron chi connectivity index (χ2n) is 3.37. The summed E-state index contributed by atoms with van der Waals surface area (Å²) in [5, 5.41) is 7.44. The first-order valence-electron chi connectivity index (χ1n) is 5.30. The molecule has 1 rings (SSSR count). The Morgan fingerprint density at radius 2 is 2.29 bits per heavy atom. The number of esters is 1. The quantitative estimate of drug-likeness (QED) is 0.670. The van der Waals surface area contributed by atoms with E-state index < -0.39 is 5.97 Å². The summed E-state index contributed by atoms with van der Waals surface area (Å²) in [6, 6.07) is 7.89. The highest BCUT2D eigenvalue weighted by atomic mass is 79.9. The van der Waals surface area contributed by atoms with Crippen LogP contribution in [0.3, 0.4) is 0 Å². The number of allylic oxidation sites excluding steroid dienone is 1. The van der Waals surface area contributed by atoms with Crippen LogP contribution in [0.1, 0.15) is 12.5 Å². The molecule has 1 aromatic rings. The van der Waals surface area contributed by atoms with Gasteiger partial charge in [-0.05, 0) is 37.1 Å². The maximum absolute atomic E-state index is 11.1. The average Bonchev–Trinajstić information content (AvgIpc) is 2.29. The van der Waals surface area contributed by atoms with Crippen LogP contribution in [0, 0.1) is 5.41 Å². The maximum atomic E-state index is 11.1. The van der Waals surface area contributed by atoms with E-state index >= 15 is 0 Å². The normalized spacial score (nSPS) is 10.5. The van der Waals surface area contributed by atoms with Crippen molar-refractivity contribution in [3.63, 3.8) is 0 Å². The molecular formula is C13H14BrNO2. The van der Waals surface area contributed by atoms with Gasteiger partial charge in [-0.3, -0.25) is 5.41 Å². The molecule has 1 N–H and O–H groups in total. The molecule has 0 aromatic heterocycles. The first kappa shape index (κ1) is 13.6. The fourth-order valence-electron chi connectivity index (χ4n) is 1.25. The van der Waals surface area contributed by atoms with Crippen molar-refractivity contribution in [2.75, 3.05) is 6.61 Å². The molecule has 90 valence electrons. The van der Waals surface area contributed by atoms with E-state index in [4.69, 9.17) is 10.1 Å². The lowest BCUT2D eigenvalue weighted by Crippen LogP contribution is -2.13. The monoisotopic (exact) mass is 295 g/mol. The van der Waals surface area contributed by atoms with Gasteiger partial charge in [0.05, 0.1) is 6.61 Å². The van der Waals surface area contributed by atoms with E-state index in [9.17, 15) is 4.79 Å². The lowest BCUT2D eigenvalue weighted by Gasteiger charge is -1.99. The van der Waals surface area contributed by atoms with Crippen LogP contribution < -0.4 is 0 Å². The third kappa shape index (κ3) is 4.95. The van der Waals surface area contributed by atoms with Gasteiger partial charge in [0.1, 0.15) is 5.71 Å². The van der Waals surface area contributed by atoms with Gasteiger partial charge in [-0.25, -0.2) is 4.79 Å². The minimum atomic E-state index is -0.585. The van der Waals surface area contributed by atoms with Gasteiger partial charge >= 0.3 is 5.97 Å². The highest BCUT2D eigenvalue weighted by Crippen LogP contribution is 2.12. The highest BCUT2D eigenvalue weighted by Gasteiger charge is 2.05. The molecule has 0 aliphatic heterocycles. The summed E-state index contributed by atoms with van der Waals surface area (Å²) in [7, 11) is 0. The van der Waals surface area contributed by atoms with Crippen molar-refractivity contribution in [3.8, 4) is 0 Å². The minimum Gasteiger partial charge on any atom is -0.461 e. The predicted octanol–water partition coefficient (Wildman–Crippen LogP) is 3.13. The number of benzene rings is 1. The van der Waals surface area contributed by atoms with Gasteiger partial charge in [0.15, 0.2) is 0 Å². The molecule has 0 saturated heterocycles. The molecule has 0 saturated carbocycles. The van der Waals surface area contributed by atoms with Crippen LogP contribution in [0.25, 0.3) is 0 Å². The Morgan fingerprint density at radius 1 is 1.53 bits per heavy atom. The SMILES string of the molecule is CCOC(=O)C(=N)/C=C/Cc1cccc(Br)c1. The van der Waals surface area contributed by atoms with Gasteiger partial charge < -0.3 is 4.74 Å². The zero-order valence-corrected chi connectivity index (χ0v) is 11.2. The molecule has 0 unspecified atom stereocenters. The van der Waals surface area contributed by atoms with Gasteiger partial charge in [0.2, 0.25) is 0 Å². The summed E-state index contributed by atoms with van der Waals surface area (Å²) in [6.45, 7) is 2.01. The Hall–Kier alpha value is -1.42. The first-order valence-corrected chi connectivity index (χ1v) is 6.09.